The Morgan fingerprint density at radius 2 is 1.62 bits per heavy atom. The topological polar surface area (TPSA) is 55.2 Å². The third-order valence-corrected chi connectivity index (χ3v) is 2.47. The van der Waals surface area contributed by atoms with Crippen LogP contribution < -0.4 is 5.32 Å². The van der Waals surface area contributed by atoms with Gasteiger partial charge in [-0.15, -0.1) is 0 Å². The zero-order chi connectivity index (χ0) is 10.3. The first-order valence-electron chi connectivity index (χ1n) is 4.65. The average Bonchev–Trinajstić information content (AvgIpc) is 1.79. The summed E-state index contributed by atoms with van der Waals surface area (Å²) in [6.45, 7) is 8.07. The molecule has 0 amide bonds. The maximum atomic E-state index is 10.7. The summed E-state index contributed by atoms with van der Waals surface area (Å²) in [6.07, 6.45) is 1.23. The van der Waals surface area contributed by atoms with Crippen LogP contribution in [0.15, 0.2) is 0 Å². The van der Waals surface area contributed by atoms with E-state index in [-0.39, 0.29) is 16.0 Å². The van der Waals surface area contributed by atoms with E-state index >= 15 is 0 Å². The molecule has 4 heteroatoms. The van der Waals surface area contributed by atoms with Crippen molar-refractivity contribution in [2.45, 2.75) is 57.7 Å². The Labute approximate surface area is 78.9 Å². The van der Waals surface area contributed by atoms with Crippen LogP contribution >= 0.6 is 0 Å². The molecule has 1 rings (SSSR count). The lowest BCUT2D eigenvalue weighted by Gasteiger charge is -2.43. The predicted octanol–water partition coefficient (Wildman–Crippen LogP) is 1.57. The maximum Gasteiger partial charge on any atom is 0.216 e. The van der Waals surface area contributed by atoms with Crippen LogP contribution in [0.2, 0.25) is 0 Å². The molecule has 1 fully saturated rings. The summed E-state index contributed by atoms with van der Waals surface area (Å²) in [6, 6.07) is -0.397. The van der Waals surface area contributed by atoms with Crippen molar-refractivity contribution in [1.29, 1.82) is 0 Å². The largest absolute Gasteiger partial charge is 0.306 e. The molecule has 0 spiro atoms. The van der Waals surface area contributed by atoms with Gasteiger partial charge in [-0.25, -0.2) is 0 Å². The van der Waals surface area contributed by atoms with Gasteiger partial charge in [0.1, 0.15) is 0 Å². The fraction of sp³-hybridized carbons (Fsp3) is 1.00. The Kier molecular flexibility index (Phi) is 2.36. The van der Waals surface area contributed by atoms with Crippen molar-refractivity contribution < 1.29 is 4.92 Å². The third-order valence-electron chi connectivity index (χ3n) is 2.47. The van der Waals surface area contributed by atoms with Gasteiger partial charge in [-0.05, 0) is 27.7 Å². The van der Waals surface area contributed by atoms with Crippen LogP contribution in [0.1, 0.15) is 40.5 Å². The van der Waals surface area contributed by atoms with E-state index < -0.39 is 6.04 Å². The molecule has 0 unspecified atom stereocenters. The van der Waals surface area contributed by atoms with E-state index in [9.17, 15) is 10.1 Å². The molecule has 1 heterocycles. The van der Waals surface area contributed by atoms with E-state index in [2.05, 4.69) is 5.32 Å². The van der Waals surface area contributed by atoms with Crippen molar-refractivity contribution in [3.05, 3.63) is 10.1 Å². The van der Waals surface area contributed by atoms with Crippen LogP contribution in [0.5, 0.6) is 0 Å². The highest BCUT2D eigenvalue weighted by Gasteiger charge is 2.42. The molecule has 4 nitrogen and oxygen atoms in total. The summed E-state index contributed by atoms with van der Waals surface area (Å²) in [4.78, 5) is 10.6. The minimum absolute atomic E-state index is 0.126. The Balaban J connectivity index is 2.78. The van der Waals surface area contributed by atoms with E-state index in [0.29, 0.717) is 12.8 Å². The monoisotopic (exact) mass is 186 g/mol. The first-order valence-corrected chi connectivity index (χ1v) is 4.65. The molecule has 13 heavy (non-hydrogen) atoms. The van der Waals surface area contributed by atoms with Crippen LogP contribution in [-0.2, 0) is 0 Å². The predicted molar refractivity (Wildman–Crippen MR) is 51.3 cm³/mol. The quantitative estimate of drug-likeness (QED) is 0.499. The molecule has 0 radical (unpaired) electrons. The summed E-state index contributed by atoms with van der Waals surface area (Å²) in [7, 11) is 0. The number of piperidine rings is 1. The number of nitro groups is 1. The van der Waals surface area contributed by atoms with Crippen molar-refractivity contribution in [2.24, 2.45) is 0 Å². The van der Waals surface area contributed by atoms with Crippen molar-refractivity contribution in [2.75, 3.05) is 0 Å². The number of hydrogen-bond acceptors (Lipinski definition) is 3. The summed E-state index contributed by atoms with van der Waals surface area (Å²) >= 11 is 0. The molecule has 1 N–H and O–H groups in total. The first kappa shape index (κ1) is 10.4. The van der Waals surface area contributed by atoms with Gasteiger partial charge in [0.25, 0.3) is 0 Å². The van der Waals surface area contributed by atoms with E-state index in [1.807, 2.05) is 27.7 Å². The van der Waals surface area contributed by atoms with Crippen LogP contribution in [0, 0.1) is 10.1 Å². The van der Waals surface area contributed by atoms with Crippen LogP contribution in [-0.4, -0.2) is 22.0 Å². The van der Waals surface area contributed by atoms with Gasteiger partial charge in [0, 0.05) is 28.8 Å². The second-order valence-corrected chi connectivity index (χ2v) is 5.24. The molecular weight excluding hydrogens is 168 g/mol. The normalized spacial score (nSPS) is 27.1. The average molecular weight is 186 g/mol. The molecule has 0 atom stereocenters. The van der Waals surface area contributed by atoms with Gasteiger partial charge in [-0.3, -0.25) is 10.1 Å². The Morgan fingerprint density at radius 1 is 1.23 bits per heavy atom. The lowest BCUT2D eigenvalue weighted by Crippen LogP contribution is -2.60. The molecule has 0 saturated carbocycles. The fourth-order valence-electron chi connectivity index (χ4n) is 2.42. The molecule has 0 aromatic heterocycles. The van der Waals surface area contributed by atoms with Gasteiger partial charge in [0.2, 0.25) is 6.04 Å². The minimum atomic E-state index is -0.397. The summed E-state index contributed by atoms with van der Waals surface area (Å²) in [5.41, 5.74) is -0.251. The number of hydrogen-bond donors (Lipinski definition) is 1. The molecule has 0 aliphatic carbocycles. The number of nitrogens with one attached hydrogen (secondary N) is 1. The van der Waals surface area contributed by atoms with Crippen molar-refractivity contribution in [3.63, 3.8) is 0 Å². The van der Waals surface area contributed by atoms with E-state index in [4.69, 9.17) is 0 Å². The Morgan fingerprint density at radius 3 is 1.92 bits per heavy atom. The summed E-state index contributed by atoms with van der Waals surface area (Å²) in [5, 5.41) is 14.1. The maximum absolute atomic E-state index is 10.7. The molecule has 1 saturated heterocycles. The van der Waals surface area contributed by atoms with E-state index in [0.717, 1.165) is 0 Å². The first-order chi connectivity index (χ1) is 5.72. The Bertz CT molecular complexity index is 208. The molecule has 1 aliphatic rings. The zero-order valence-electron chi connectivity index (χ0n) is 8.76. The Hall–Kier alpha value is -0.640. The number of nitrogens with zero attached hydrogens (tertiary/aromatic N) is 1. The van der Waals surface area contributed by atoms with Gasteiger partial charge in [-0.1, -0.05) is 0 Å². The molecule has 0 aromatic carbocycles. The van der Waals surface area contributed by atoms with E-state index in [1.165, 1.54) is 0 Å². The van der Waals surface area contributed by atoms with Crippen LogP contribution in [0.3, 0.4) is 0 Å². The smallest absolute Gasteiger partial charge is 0.216 e. The van der Waals surface area contributed by atoms with E-state index in [1.54, 1.807) is 0 Å². The second kappa shape index (κ2) is 2.94. The SMILES string of the molecule is CC1(C)CC([N+](=O)[O-])CC(C)(C)N1. The molecular formula is C9H18N2O2. The van der Waals surface area contributed by atoms with Crippen molar-refractivity contribution in [1.82, 2.24) is 5.32 Å². The molecule has 0 aromatic rings. The molecule has 76 valence electrons. The van der Waals surface area contributed by atoms with Crippen LogP contribution in [0.25, 0.3) is 0 Å². The highest BCUT2D eigenvalue weighted by atomic mass is 16.6. The van der Waals surface area contributed by atoms with Gasteiger partial charge in [0.05, 0.1) is 0 Å². The standard InChI is InChI=1S/C9H18N2O2/c1-8(2)5-7(11(12)13)6-9(3,4)10-8/h7,10H,5-6H2,1-4H3. The van der Waals surface area contributed by atoms with Gasteiger partial charge < -0.3 is 5.32 Å². The molecule has 0 bridgehead atoms. The summed E-state index contributed by atoms with van der Waals surface area (Å²) < 4.78 is 0. The van der Waals surface area contributed by atoms with Gasteiger partial charge >= 0.3 is 0 Å². The van der Waals surface area contributed by atoms with Crippen LogP contribution in [0.4, 0.5) is 0 Å². The highest BCUT2D eigenvalue weighted by Crippen LogP contribution is 2.29. The number of rotatable bonds is 1. The minimum Gasteiger partial charge on any atom is -0.306 e. The van der Waals surface area contributed by atoms with Gasteiger partial charge in [-0.2, -0.15) is 0 Å². The fourth-order valence-corrected chi connectivity index (χ4v) is 2.42. The molecule has 1 aliphatic heterocycles. The lowest BCUT2D eigenvalue weighted by atomic mass is 9.80. The third kappa shape index (κ3) is 2.66. The zero-order valence-corrected chi connectivity index (χ0v) is 8.76. The van der Waals surface area contributed by atoms with Crippen molar-refractivity contribution >= 4 is 0 Å². The van der Waals surface area contributed by atoms with Crippen molar-refractivity contribution in [3.8, 4) is 0 Å². The highest BCUT2D eigenvalue weighted by molar-refractivity contribution is 4.97. The summed E-state index contributed by atoms with van der Waals surface area (Å²) in [5.74, 6) is 0. The second-order valence-electron chi connectivity index (χ2n) is 5.24. The lowest BCUT2D eigenvalue weighted by molar-refractivity contribution is -0.530. The van der Waals surface area contributed by atoms with Gasteiger partial charge in [0.15, 0.2) is 0 Å².